The number of halogens is 1. The van der Waals surface area contributed by atoms with Crippen LogP contribution < -0.4 is 9.30 Å². The predicted molar refractivity (Wildman–Crippen MR) is 41.9 cm³/mol. The van der Waals surface area contributed by atoms with E-state index in [0.29, 0.717) is 0 Å². The number of pyridine rings is 1. The Kier molecular flexibility index (Phi) is 2.27. The van der Waals surface area contributed by atoms with E-state index >= 15 is 0 Å². The molecule has 0 atom stereocenters. The molecule has 1 aromatic rings. The largest absolute Gasteiger partial charge is 0.496 e. The molecule has 0 aliphatic carbocycles. The smallest absolute Gasteiger partial charge is 0.251 e. The number of ether oxygens (including phenoxy) is 1. The van der Waals surface area contributed by atoms with E-state index in [4.69, 9.17) is 4.74 Å². The van der Waals surface area contributed by atoms with Crippen molar-refractivity contribution < 1.29 is 9.30 Å². The van der Waals surface area contributed by atoms with Gasteiger partial charge in [0.25, 0.3) is 4.60 Å². The highest BCUT2D eigenvalue weighted by atomic mass is 79.9. The SMILES string of the molecule is COc1cc[n+](C)c(Br)c1. The van der Waals surface area contributed by atoms with Crippen LogP contribution in [-0.2, 0) is 7.05 Å². The maximum Gasteiger partial charge on any atom is 0.251 e. The number of hydrogen-bond donors (Lipinski definition) is 0. The quantitative estimate of drug-likeness (QED) is 0.495. The van der Waals surface area contributed by atoms with Gasteiger partial charge in [0.1, 0.15) is 12.8 Å². The summed E-state index contributed by atoms with van der Waals surface area (Å²) < 4.78 is 7.97. The molecule has 0 aromatic carbocycles. The standard InChI is InChI=1S/C7H9BrNO/c1-9-4-3-6(10-2)5-7(9)8/h3-5H,1-2H3/q+1. The summed E-state index contributed by atoms with van der Waals surface area (Å²) in [5.74, 6) is 0.866. The molecule has 2 nitrogen and oxygen atoms in total. The van der Waals surface area contributed by atoms with Crippen LogP contribution in [0.1, 0.15) is 0 Å². The van der Waals surface area contributed by atoms with Gasteiger partial charge in [-0.05, 0) is 0 Å². The Labute approximate surface area is 68.6 Å². The molecule has 0 bridgehead atoms. The number of hydrogen-bond acceptors (Lipinski definition) is 1. The fourth-order valence-electron chi connectivity index (χ4n) is 0.651. The Bertz CT molecular complexity index is 237. The van der Waals surface area contributed by atoms with Crippen LogP contribution in [0.25, 0.3) is 0 Å². The van der Waals surface area contributed by atoms with Crippen molar-refractivity contribution >= 4 is 15.9 Å². The third kappa shape index (κ3) is 1.48. The number of aryl methyl sites for hydroxylation is 1. The monoisotopic (exact) mass is 202 g/mol. The Morgan fingerprint density at radius 1 is 1.60 bits per heavy atom. The van der Waals surface area contributed by atoms with E-state index in [9.17, 15) is 0 Å². The average Bonchev–Trinajstić information content (AvgIpc) is 1.95. The first-order chi connectivity index (χ1) is 4.74. The van der Waals surface area contributed by atoms with E-state index in [1.54, 1.807) is 7.11 Å². The van der Waals surface area contributed by atoms with Crippen molar-refractivity contribution in [1.29, 1.82) is 0 Å². The summed E-state index contributed by atoms with van der Waals surface area (Å²) in [5.41, 5.74) is 0. The van der Waals surface area contributed by atoms with Crippen LogP contribution in [-0.4, -0.2) is 7.11 Å². The van der Waals surface area contributed by atoms with Crippen LogP contribution in [0.5, 0.6) is 5.75 Å². The van der Waals surface area contributed by atoms with Crippen molar-refractivity contribution in [2.45, 2.75) is 0 Å². The Morgan fingerprint density at radius 2 is 2.30 bits per heavy atom. The Morgan fingerprint density at radius 3 is 2.80 bits per heavy atom. The normalized spacial score (nSPS) is 9.50. The average molecular weight is 203 g/mol. The first kappa shape index (κ1) is 7.54. The number of aromatic nitrogens is 1. The summed E-state index contributed by atoms with van der Waals surface area (Å²) in [6, 6.07) is 3.82. The van der Waals surface area contributed by atoms with Gasteiger partial charge >= 0.3 is 0 Å². The molecule has 0 amide bonds. The number of methoxy groups -OCH3 is 1. The topological polar surface area (TPSA) is 13.1 Å². The second kappa shape index (κ2) is 3.01. The molecule has 0 saturated heterocycles. The van der Waals surface area contributed by atoms with Crippen LogP contribution in [0.4, 0.5) is 0 Å². The molecular weight excluding hydrogens is 194 g/mol. The van der Waals surface area contributed by atoms with Crippen molar-refractivity contribution in [3.63, 3.8) is 0 Å². The first-order valence-corrected chi connectivity index (χ1v) is 3.72. The van der Waals surface area contributed by atoms with Gasteiger partial charge in [0.05, 0.1) is 13.2 Å². The lowest BCUT2D eigenvalue weighted by atomic mass is 10.4. The molecule has 1 aromatic heterocycles. The van der Waals surface area contributed by atoms with Crippen LogP contribution in [0.2, 0.25) is 0 Å². The molecule has 0 aliphatic heterocycles. The highest BCUT2D eigenvalue weighted by Crippen LogP contribution is 2.12. The molecule has 0 saturated carbocycles. The molecule has 3 heteroatoms. The molecule has 1 rings (SSSR count). The van der Waals surface area contributed by atoms with Gasteiger partial charge in [-0.15, -0.1) is 0 Å². The van der Waals surface area contributed by atoms with Gasteiger partial charge in [0.15, 0.2) is 6.20 Å². The molecular formula is C7H9BrNO+. The zero-order chi connectivity index (χ0) is 7.56. The fourth-order valence-corrected chi connectivity index (χ4v) is 0.995. The van der Waals surface area contributed by atoms with Gasteiger partial charge in [-0.1, -0.05) is 0 Å². The molecule has 10 heavy (non-hydrogen) atoms. The maximum absolute atomic E-state index is 5.01. The first-order valence-electron chi connectivity index (χ1n) is 2.93. The van der Waals surface area contributed by atoms with Gasteiger partial charge in [-0.3, -0.25) is 0 Å². The van der Waals surface area contributed by atoms with E-state index in [1.807, 2.05) is 29.9 Å². The Balaban J connectivity index is 3.04. The summed E-state index contributed by atoms with van der Waals surface area (Å²) in [5, 5.41) is 0. The van der Waals surface area contributed by atoms with E-state index in [2.05, 4.69) is 15.9 Å². The van der Waals surface area contributed by atoms with Crippen molar-refractivity contribution in [1.82, 2.24) is 0 Å². The summed E-state index contributed by atoms with van der Waals surface area (Å²) in [6.45, 7) is 0. The van der Waals surface area contributed by atoms with Crippen molar-refractivity contribution in [2.75, 3.05) is 7.11 Å². The molecule has 0 spiro atoms. The van der Waals surface area contributed by atoms with Gasteiger partial charge < -0.3 is 4.74 Å². The molecule has 0 radical (unpaired) electrons. The zero-order valence-corrected chi connectivity index (χ0v) is 7.55. The van der Waals surface area contributed by atoms with E-state index < -0.39 is 0 Å². The van der Waals surface area contributed by atoms with Gasteiger partial charge in [-0.25, -0.2) is 0 Å². The lowest BCUT2D eigenvalue weighted by Gasteiger charge is -1.96. The molecule has 54 valence electrons. The number of rotatable bonds is 1. The minimum absolute atomic E-state index is 0.866. The zero-order valence-electron chi connectivity index (χ0n) is 5.97. The van der Waals surface area contributed by atoms with Crippen molar-refractivity contribution in [3.05, 3.63) is 22.9 Å². The minimum Gasteiger partial charge on any atom is -0.496 e. The van der Waals surface area contributed by atoms with Gasteiger partial charge in [0.2, 0.25) is 0 Å². The van der Waals surface area contributed by atoms with E-state index in [0.717, 1.165) is 10.4 Å². The third-order valence-electron chi connectivity index (χ3n) is 1.30. The summed E-state index contributed by atoms with van der Waals surface area (Å²) in [7, 11) is 3.62. The lowest BCUT2D eigenvalue weighted by Crippen LogP contribution is -2.28. The second-order valence-electron chi connectivity index (χ2n) is 2.00. The fraction of sp³-hybridized carbons (Fsp3) is 0.286. The molecule has 0 N–H and O–H groups in total. The predicted octanol–water partition coefficient (Wildman–Crippen LogP) is 1.28. The van der Waals surface area contributed by atoms with E-state index in [-0.39, 0.29) is 0 Å². The molecule has 0 aliphatic rings. The van der Waals surface area contributed by atoms with Crippen LogP contribution in [0, 0.1) is 0 Å². The van der Waals surface area contributed by atoms with Crippen LogP contribution in [0.3, 0.4) is 0 Å². The summed E-state index contributed by atoms with van der Waals surface area (Å²) in [6.07, 6.45) is 1.93. The van der Waals surface area contributed by atoms with Crippen LogP contribution in [0.15, 0.2) is 22.9 Å². The highest BCUT2D eigenvalue weighted by Gasteiger charge is 2.01. The summed E-state index contributed by atoms with van der Waals surface area (Å²) in [4.78, 5) is 0. The summed E-state index contributed by atoms with van der Waals surface area (Å²) >= 11 is 3.37. The van der Waals surface area contributed by atoms with Gasteiger partial charge in [-0.2, -0.15) is 4.57 Å². The highest BCUT2D eigenvalue weighted by molar-refractivity contribution is 9.10. The molecule has 0 unspecified atom stereocenters. The number of nitrogens with zero attached hydrogens (tertiary/aromatic N) is 1. The van der Waals surface area contributed by atoms with Crippen molar-refractivity contribution in [2.24, 2.45) is 7.05 Å². The van der Waals surface area contributed by atoms with Crippen molar-refractivity contribution in [3.8, 4) is 5.75 Å². The van der Waals surface area contributed by atoms with E-state index in [1.165, 1.54) is 0 Å². The third-order valence-corrected chi connectivity index (χ3v) is 2.08. The van der Waals surface area contributed by atoms with Crippen LogP contribution >= 0.6 is 15.9 Å². The minimum atomic E-state index is 0.866. The van der Waals surface area contributed by atoms with Gasteiger partial charge in [0, 0.05) is 22.0 Å². The Hall–Kier alpha value is -0.570. The second-order valence-corrected chi connectivity index (χ2v) is 2.81. The lowest BCUT2D eigenvalue weighted by molar-refractivity contribution is -0.682. The molecule has 0 fully saturated rings. The maximum atomic E-state index is 5.01. The molecule has 1 heterocycles.